The summed E-state index contributed by atoms with van der Waals surface area (Å²) in [6.07, 6.45) is -6.57. The molecule has 0 fully saturated rings. The van der Waals surface area contributed by atoms with Gasteiger partial charge in [0.1, 0.15) is 5.82 Å². The van der Waals surface area contributed by atoms with E-state index < -0.39 is 40.7 Å². The number of hydrogen-bond acceptors (Lipinski definition) is 3. The fraction of sp³-hybridized carbons (Fsp3) is 0.529. The summed E-state index contributed by atoms with van der Waals surface area (Å²) in [5.74, 6) is -3.39. The summed E-state index contributed by atoms with van der Waals surface area (Å²) in [6.45, 7) is 8.61. The van der Waals surface area contributed by atoms with Gasteiger partial charge in [0.05, 0.1) is 16.7 Å². The first-order chi connectivity index (χ1) is 11.6. The van der Waals surface area contributed by atoms with Crippen LogP contribution in [-0.2, 0) is 11.0 Å². The van der Waals surface area contributed by atoms with Gasteiger partial charge in [0.25, 0.3) is 5.91 Å². The van der Waals surface area contributed by atoms with Crippen molar-refractivity contribution >= 4 is 12.0 Å². The van der Waals surface area contributed by atoms with Crippen LogP contribution < -0.4 is 0 Å². The molecule has 0 spiro atoms. The van der Waals surface area contributed by atoms with Crippen molar-refractivity contribution in [1.29, 1.82) is 0 Å². The molecule has 0 saturated heterocycles. The van der Waals surface area contributed by atoms with Gasteiger partial charge in [-0.05, 0) is 37.8 Å². The molecule has 1 N–H and O–H groups in total. The Balaban J connectivity index is 3.25. The lowest BCUT2D eigenvalue weighted by atomic mass is 9.84. The predicted octanol–water partition coefficient (Wildman–Crippen LogP) is 5.11. The highest BCUT2D eigenvalue weighted by Gasteiger charge is 2.39. The number of carbonyl (C=O) groups excluding carboxylic acids is 1. The monoisotopic (exact) mass is 379 g/mol. The van der Waals surface area contributed by atoms with E-state index in [0.29, 0.717) is 12.5 Å². The average molecular weight is 379 g/mol. The minimum Gasteiger partial charge on any atom is -0.463 e. The number of rotatable bonds is 4. The third kappa shape index (κ3) is 5.69. The van der Waals surface area contributed by atoms with Gasteiger partial charge in [-0.15, -0.1) is 5.06 Å². The van der Waals surface area contributed by atoms with Gasteiger partial charge in [0.2, 0.25) is 0 Å². The summed E-state index contributed by atoms with van der Waals surface area (Å²) in [7, 11) is 0. The van der Waals surface area contributed by atoms with Gasteiger partial charge >= 0.3 is 12.3 Å². The Morgan fingerprint density at radius 2 is 1.65 bits per heavy atom. The van der Waals surface area contributed by atoms with Crippen LogP contribution in [0.5, 0.6) is 0 Å². The number of carbonyl (C=O) groups is 2. The van der Waals surface area contributed by atoms with E-state index in [9.17, 15) is 32.3 Å². The van der Waals surface area contributed by atoms with Crippen LogP contribution in [-0.4, -0.2) is 27.8 Å². The van der Waals surface area contributed by atoms with Crippen LogP contribution in [0.2, 0.25) is 0 Å². The topological polar surface area (TPSA) is 66.8 Å². The van der Waals surface area contributed by atoms with E-state index in [1.54, 1.807) is 0 Å². The molecule has 1 aromatic rings. The van der Waals surface area contributed by atoms with Crippen LogP contribution >= 0.6 is 0 Å². The molecule has 1 aromatic carbocycles. The normalized spacial score (nSPS) is 12.8. The molecular weight excluding hydrogens is 358 g/mol. The summed E-state index contributed by atoms with van der Waals surface area (Å²) in [4.78, 5) is 28.9. The van der Waals surface area contributed by atoms with E-state index in [4.69, 9.17) is 4.84 Å². The second kappa shape index (κ2) is 7.22. The van der Waals surface area contributed by atoms with E-state index in [1.165, 1.54) is 13.8 Å². The number of carboxylic acid groups (broad SMARTS) is 1. The zero-order chi connectivity index (χ0) is 20.5. The van der Waals surface area contributed by atoms with E-state index in [-0.39, 0.29) is 10.5 Å². The highest BCUT2D eigenvalue weighted by molar-refractivity contribution is 6.01. The van der Waals surface area contributed by atoms with Gasteiger partial charge in [0.15, 0.2) is 0 Å². The standard InChI is InChI=1S/C17H21F4NO4/c1-15(2,3)9-16(4,5)26-22(14(24)25)13(23)10-7-6-8-11(12(10)18)17(19,20)21/h6-8H,9H2,1-5H3,(H,24,25). The van der Waals surface area contributed by atoms with Crippen LogP contribution in [0.25, 0.3) is 0 Å². The Morgan fingerprint density at radius 1 is 1.12 bits per heavy atom. The van der Waals surface area contributed by atoms with E-state index >= 15 is 0 Å². The Bertz CT molecular complexity index is 693. The Labute approximate surface area is 148 Å². The molecule has 0 aliphatic rings. The number of benzene rings is 1. The van der Waals surface area contributed by atoms with Crippen LogP contribution in [0.1, 0.15) is 57.0 Å². The molecular formula is C17H21F4NO4. The second-order valence-corrected chi connectivity index (χ2v) is 7.64. The highest BCUT2D eigenvalue weighted by atomic mass is 19.4. The quantitative estimate of drug-likeness (QED) is 0.583. The third-order valence-electron chi connectivity index (χ3n) is 3.19. The Hall–Kier alpha value is -2.16. The average Bonchev–Trinajstić information content (AvgIpc) is 2.40. The van der Waals surface area contributed by atoms with Crippen molar-refractivity contribution in [3.63, 3.8) is 0 Å². The molecule has 0 aromatic heterocycles. The Kier molecular flexibility index (Phi) is 6.08. The SMILES string of the molecule is CC(C)(C)CC(C)(C)ON(C(=O)O)C(=O)c1cccc(C(F)(F)F)c1F. The molecule has 146 valence electrons. The summed E-state index contributed by atoms with van der Waals surface area (Å²) in [5.41, 5.74) is -4.15. The van der Waals surface area contributed by atoms with Crippen molar-refractivity contribution in [3.8, 4) is 0 Å². The van der Waals surface area contributed by atoms with Crippen molar-refractivity contribution in [2.75, 3.05) is 0 Å². The first-order valence-corrected chi connectivity index (χ1v) is 7.67. The molecule has 5 nitrogen and oxygen atoms in total. The summed E-state index contributed by atoms with van der Waals surface area (Å²) in [5, 5.41) is 9.09. The third-order valence-corrected chi connectivity index (χ3v) is 3.19. The van der Waals surface area contributed by atoms with E-state index in [0.717, 1.165) is 12.1 Å². The zero-order valence-corrected chi connectivity index (χ0v) is 15.1. The molecule has 9 heteroatoms. The first kappa shape index (κ1) is 21.9. The lowest BCUT2D eigenvalue weighted by Crippen LogP contribution is -2.44. The molecule has 0 aliphatic heterocycles. The number of amides is 2. The maximum atomic E-state index is 14.1. The maximum absolute atomic E-state index is 14.1. The van der Waals surface area contributed by atoms with Crippen molar-refractivity contribution in [1.82, 2.24) is 5.06 Å². The highest BCUT2D eigenvalue weighted by Crippen LogP contribution is 2.34. The molecule has 2 amide bonds. The van der Waals surface area contributed by atoms with Crippen LogP contribution in [0.3, 0.4) is 0 Å². The molecule has 26 heavy (non-hydrogen) atoms. The molecule has 0 atom stereocenters. The molecule has 0 bridgehead atoms. The van der Waals surface area contributed by atoms with Crippen LogP contribution in [0.4, 0.5) is 22.4 Å². The summed E-state index contributed by atoms with van der Waals surface area (Å²) < 4.78 is 52.5. The van der Waals surface area contributed by atoms with Gasteiger partial charge in [-0.2, -0.15) is 13.2 Å². The summed E-state index contributed by atoms with van der Waals surface area (Å²) >= 11 is 0. The van der Waals surface area contributed by atoms with Crippen molar-refractivity contribution < 1.29 is 37.1 Å². The van der Waals surface area contributed by atoms with Gasteiger partial charge < -0.3 is 5.11 Å². The fourth-order valence-corrected chi connectivity index (χ4v) is 2.75. The second-order valence-electron chi connectivity index (χ2n) is 7.64. The maximum Gasteiger partial charge on any atom is 0.439 e. The van der Waals surface area contributed by atoms with E-state index in [1.807, 2.05) is 20.8 Å². The largest absolute Gasteiger partial charge is 0.463 e. The Morgan fingerprint density at radius 3 is 2.08 bits per heavy atom. The number of halogens is 4. The number of hydrogen-bond donors (Lipinski definition) is 1. The molecule has 0 saturated carbocycles. The lowest BCUT2D eigenvalue weighted by molar-refractivity contribution is -0.191. The molecule has 0 heterocycles. The van der Waals surface area contributed by atoms with E-state index in [2.05, 4.69) is 0 Å². The van der Waals surface area contributed by atoms with Crippen molar-refractivity contribution in [2.45, 2.75) is 52.8 Å². The number of imide groups is 1. The minimum atomic E-state index is -5.03. The van der Waals surface area contributed by atoms with Gasteiger partial charge in [0, 0.05) is 0 Å². The van der Waals surface area contributed by atoms with Gasteiger partial charge in [-0.3, -0.25) is 9.63 Å². The van der Waals surface area contributed by atoms with Crippen molar-refractivity contribution in [3.05, 3.63) is 35.1 Å². The fourth-order valence-electron chi connectivity index (χ4n) is 2.75. The van der Waals surface area contributed by atoms with Crippen LogP contribution in [0.15, 0.2) is 18.2 Å². The number of alkyl halides is 3. The first-order valence-electron chi connectivity index (χ1n) is 7.67. The van der Waals surface area contributed by atoms with Gasteiger partial charge in [-0.1, -0.05) is 26.8 Å². The zero-order valence-electron chi connectivity index (χ0n) is 15.1. The molecule has 1 rings (SSSR count). The molecule has 0 unspecified atom stereocenters. The molecule has 0 aliphatic carbocycles. The van der Waals surface area contributed by atoms with Crippen molar-refractivity contribution in [2.24, 2.45) is 5.41 Å². The predicted molar refractivity (Wildman–Crippen MR) is 84.8 cm³/mol. The number of nitrogens with zero attached hydrogens (tertiary/aromatic N) is 1. The smallest absolute Gasteiger partial charge is 0.439 e. The summed E-state index contributed by atoms with van der Waals surface area (Å²) in [6, 6.07) is 2.05. The minimum absolute atomic E-state index is 0.135. The lowest BCUT2D eigenvalue weighted by Gasteiger charge is -2.34. The number of hydroxylamine groups is 2. The molecule has 0 radical (unpaired) electrons. The van der Waals surface area contributed by atoms with Gasteiger partial charge in [-0.25, -0.2) is 9.18 Å². The van der Waals surface area contributed by atoms with Crippen LogP contribution in [0, 0.1) is 11.2 Å².